The number of benzene rings is 2. The van der Waals surface area contributed by atoms with Gasteiger partial charge in [-0.3, -0.25) is 9.59 Å². The fourth-order valence-corrected chi connectivity index (χ4v) is 11.1. The van der Waals surface area contributed by atoms with Gasteiger partial charge in [-0.25, -0.2) is 0 Å². The lowest BCUT2D eigenvalue weighted by Gasteiger charge is -2.29. The lowest BCUT2D eigenvalue weighted by atomic mass is 9.77. The van der Waals surface area contributed by atoms with Crippen molar-refractivity contribution in [2.45, 2.75) is 186 Å². The fourth-order valence-electron chi connectivity index (χ4n) is 11.1. The van der Waals surface area contributed by atoms with Crippen LogP contribution in [0.2, 0.25) is 0 Å². The van der Waals surface area contributed by atoms with Crippen LogP contribution in [0.3, 0.4) is 0 Å². The van der Waals surface area contributed by atoms with E-state index in [1.165, 1.54) is 114 Å². The second kappa shape index (κ2) is 26.4. The van der Waals surface area contributed by atoms with Gasteiger partial charge in [0.15, 0.2) is 0 Å². The van der Waals surface area contributed by atoms with E-state index in [-0.39, 0.29) is 23.8 Å². The molecule has 2 aromatic carbocycles. The molecular weight excluding hydrogens is 757 g/mol. The second-order valence-electron chi connectivity index (χ2n) is 19.4. The molecule has 0 spiro atoms. The third-order valence-electron chi connectivity index (χ3n) is 14.9. The number of ether oxygens (including phenoxy) is 4. The number of hydrogen-bond acceptors (Lipinski definition) is 6. The number of fused-ring (bicyclic) bond motifs is 2. The Balaban J connectivity index is 0.765. The summed E-state index contributed by atoms with van der Waals surface area (Å²) in [7, 11) is 0. The summed E-state index contributed by atoms with van der Waals surface area (Å²) < 4.78 is 23.6. The molecule has 2 bridgehead atoms. The SMILES string of the molecule is CCCCCC1CCC(c2ccc(OCCCCCCOC(=O)[C@@H]3C4C=CC(C4)[C@@H]3C(=O)OCCCCCCOc3ccc(C4CCC(CCCCC)CC4)cc3)cc2)CC1. The molecular formula is C55H82O6. The summed E-state index contributed by atoms with van der Waals surface area (Å²) in [6, 6.07) is 17.7. The molecule has 61 heavy (non-hydrogen) atoms. The molecule has 3 fully saturated rings. The molecule has 2 unspecified atom stereocenters. The fraction of sp³-hybridized carbons (Fsp3) is 0.709. The molecule has 0 aliphatic heterocycles. The Labute approximate surface area is 370 Å². The largest absolute Gasteiger partial charge is 0.494 e. The van der Waals surface area contributed by atoms with Crippen molar-refractivity contribution in [3.63, 3.8) is 0 Å². The van der Waals surface area contributed by atoms with E-state index in [1.54, 1.807) is 0 Å². The van der Waals surface area contributed by atoms with Crippen LogP contribution < -0.4 is 9.47 Å². The number of carbonyl (C=O) groups excluding carboxylic acids is 2. The molecule has 4 atom stereocenters. The van der Waals surface area contributed by atoms with Gasteiger partial charge in [0.2, 0.25) is 0 Å². The first-order chi connectivity index (χ1) is 30.0. The van der Waals surface area contributed by atoms with Crippen LogP contribution in [-0.2, 0) is 19.1 Å². The number of carbonyl (C=O) groups is 2. The van der Waals surface area contributed by atoms with E-state index in [4.69, 9.17) is 18.9 Å². The predicted octanol–water partition coefficient (Wildman–Crippen LogP) is 14.5. The number of esters is 2. The van der Waals surface area contributed by atoms with Gasteiger partial charge in [0, 0.05) is 0 Å². The van der Waals surface area contributed by atoms with E-state index in [9.17, 15) is 9.59 Å². The quantitative estimate of drug-likeness (QED) is 0.0483. The molecule has 0 radical (unpaired) electrons. The summed E-state index contributed by atoms with van der Waals surface area (Å²) >= 11 is 0. The van der Waals surface area contributed by atoms with Crippen molar-refractivity contribution in [2.24, 2.45) is 35.5 Å². The van der Waals surface area contributed by atoms with E-state index in [1.807, 2.05) is 0 Å². The standard InChI is InChI=1S/C55H82O6/c1-3-5-11-17-42-19-23-44(24-20-42)46-29-33-50(34-30-46)58-37-13-7-9-15-39-60-54(56)52-48-27-28-49(41-48)53(52)55(57)61-40-16-10-8-14-38-59-51-35-31-47(32-36-51)45-25-21-43(22-26-45)18-12-6-4-2/h27-36,42-45,48-49,52-53H,3-26,37-41H2,1-2H3/t42?,43?,44?,45?,48?,49?,52-,53+. The smallest absolute Gasteiger partial charge is 0.310 e. The summed E-state index contributed by atoms with van der Waals surface area (Å²) in [6.07, 6.45) is 34.6. The van der Waals surface area contributed by atoms with Crippen molar-refractivity contribution < 1.29 is 28.5 Å². The van der Waals surface area contributed by atoms with Gasteiger partial charge in [0.25, 0.3) is 0 Å². The molecule has 338 valence electrons. The first-order valence-corrected chi connectivity index (χ1v) is 25.5. The average molecular weight is 839 g/mol. The van der Waals surface area contributed by atoms with Crippen molar-refractivity contribution in [1.29, 1.82) is 0 Å². The minimum Gasteiger partial charge on any atom is -0.494 e. The Kier molecular flexibility index (Phi) is 20.4. The van der Waals surface area contributed by atoms with Crippen LogP contribution in [0.25, 0.3) is 0 Å². The number of allylic oxidation sites excluding steroid dienone is 2. The lowest BCUT2D eigenvalue weighted by Crippen LogP contribution is -2.35. The highest BCUT2D eigenvalue weighted by Crippen LogP contribution is 2.49. The van der Waals surface area contributed by atoms with Gasteiger partial charge in [-0.05, 0) is 180 Å². The van der Waals surface area contributed by atoms with Crippen LogP contribution in [0.15, 0.2) is 60.7 Å². The third kappa shape index (κ3) is 15.2. The van der Waals surface area contributed by atoms with Gasteiger partial charge in [-0.15, -0.1) is 0 Å². The molecule has 6 nitrogen and oxygen atoms in total. The molecule has 0 heterocycles. The van der Waals surface area contributed by atoms with Crippen LogP contribution in [0.4, 0.5) is 0 Å². The lowest BCUT2D eigenvalue weighted by molar-refractivity contribution is -0.161. The van der Waals surface area contributed by atoms with Gasteiger partial charge in [0.1, 0.15) is 11.5 Å². The maximum atomic E-state index is 13.3. The van der Waals surface area contributed by atoms with Crippen LogP contribution in [0.1, 0.15) is 197 Å². The minimum atomic E-state index is -0.422. The highest BCUT2D eigenvalue weighted by atomic mass is 16.5. The Morgan fingerprint density at radius 1 is 0.459 bits per heavy atom. The summed E-state index contributed by atoms with van der Waals surface area (Å²) in [5.74, 6) is 4.04. The Morgan fingerprint density at radius 3 is 1.21 bits per heavy atom. The van der Waals surface area contributed by atoms with E-state index in [0.29, 0.717) is 38.3 Å². The van der Waals surface area contributed by atoms with Crippen LogP contribution in [0, 0.1) is 35.5 Å². The second-order valence-corrected chi connectivity index (χ2v) is 19.4. The van der Waals surface area contributed by atoms with Crippen molar-refractivity contribution in [3.8, 4) is 11.5 Å². The molecule has 0 N–H and O–H groups in total. The Bertz CT molecular complexity index is 1430. The molecule has 0 amide bonds. The highest BCUT2D eigenvalue weighted by Gasteiger charge is 2.53. The molecule has 4 aliphatic rings. The van der Waals surface area contributed by atoms with Crippen LogP contribution in [0.5, 0.6) is 11.5 Å². The van der Waals surface area contributed by atoms with E-state index >= 15 is 0 Å². The Hall–Kier alpha value is -3.28. The zero-order valence-corrected chi connectivity index (χ0v) is 38.3. The van der Waals surface area contributed by atoms with Gasteiger partial charge in [-0.1, -0.05) is 102 Å². The molecule has 2 aromatic rings. The van der Waals surface area contributed by atoms with Crippen LogP contribution >= 0.6 is 0 Å². The summed E-state index contributed by atoms with van der Waals surface area (Å²) in [5, 5.41) is 0. The van der Waals surface area contributed by atoms with E-state index < -0.39 is 11.8 Å². The van der Waals surface area contributed by atoms with E-state index in [0.717, 1.165) is 81.1 Å². The van der Waals surface area contributed by atoms with Gasteiger partial charge >= 0.3 is 11.9 Å². The Morgan fingerprint density at radius 2 is 0.836 bits per heavy atom. The van der Waals surface area contributed by atoms with Gasteiger partial charge in [-0.2, -0.15) is 0 Å². The molecule has 6 heteroatoms. The molecule has 0 aromatic heterocycles. The van der Waals surface area contributed by atoms with Crippen molar-refractivity contribution >= 4 is 11.9 Å². The predicted molar refractivity (Wildman–Crippen MR) is 248 cm³/mol. The highest BCUT2D eigenvalue weighted by molar-refractivity contribution is 5.84. The number of hydrogen-bond donors (Lipinski definition) is 0. The van der Waals surface area contributed by atoms with Crippen molar-refractivity contribution in [2.75, 3.05) is 26.4 Å². The normalized spacial score (nSPS) is 25.7. The first kappa shape index (κ1) is 47.2. The molecule has 3 saturated carbocycles. The average Bonchev–Trinajstić information content (AvgIpc) is 3.92. The monoisotopic (exact) mass is 839 g/mol. The number of rotatable bonds is 28. The van der Waals surface area contributed by atoms with Crippen LogP contribution in [-0.4, -0.2) is 38.4 Å². The van der Waals surface area contributed by atoms with E-state index in [2.05, 4.69) is 74.5 Å². The summed E-state index contributed by atoms with van der Waals surface area (Å²) in [5.41, 5.74) is 2.94. The summed E-state index contributed by atoms with van der Waals surface area (Å²) in [4.78, 5) is 26.5. The first-order valence-electron chi connectivity index (χ1n) is 25.5. The molecule has 6 rings (SSSR count). The maximum absolute atomic E-state index is 13.3. The zero-order valence-electron chi connectivity index (χ0n) is 38.3. The van der Waals surface area contributed by atoms with Gasteiger partial charge < -0.3 is 18.9 Å². The maximum Gasteiger partial charge on any atom is 0.310 e. The topological polar surface area (TPSA) is 71.1 Å². The molecule has 4 aliphatic carbocycles. The zero-order chi connectivity index (χ0) is 42.5. The van der Waals surface area contributed by atoms with Crippen molar-refractivity contribution in [1.82, 2.24) is 0 Å². The third-order valence-corrected chi connectivity index (χ3v) is 14.9. The van der Waals surface area contributed by atoms with Crippen molar-refractivity contribution in [3.05, 3.63) is 71.8 Å². The molecule has 0 saturated heterocycles. The number of unbranched alkanes of at least 4 members (excludes halogenated alkanes) is 10. The minimum absolute atomic E-state index is 0.0768. The van der Waals surface area contributed by atoms with Gasteiger partial charge in [0.05, 0.1) is 38.3 Å². The summed E-state index contributed by atoms with van der Waals surface area (Å²) in [6.45, 7) is 6.78.